The minimum Gasteiger partial charge on any atom is -0.496 e. The third kappa shape index (κ3) is 1.77. The Kier molecular flexibility index (Phi) is 2.75. The molecule has 0 aromatic heterocycles. The Morgan fingerprint density at radius 1 is 1.22 bits per heavy atom. The first kappa shape index (κ1) is 11.5. The molecule has 0 spiro atoms. The highest BCUT2D eigenvalue weighted by Crippen LogP contribution is 2.54. The van der Waals surface area contributed by atoms with Gasteiger partial charge in [-0.25, -0.2) is 0 Å². The van der Waals surface area contributed by atoms with E-state index in [1.165, 1.54) is 16.3 Å². The van der Waals surface area contributed by atoms with E-state index in [-0.39, 0.29) is 6.10 Å². The lowest BCUT2D eigenvalue weighted by Crippen LogP contribution is -2.04. The molecule has 0 radical (unpaired) electrons. The minimum atomic E-state index is -0.237. The van der Waals surface area contributed by atoms with Gasteiger partial charge in [0.05, 0.1) is 13.2 Å². The second-order valence-electron chi connectivity index (χ2n) is 5.15. The molecule has 1 N–H and O–H groups in total. The number of aliphatic hydroxyl groups is 1. The smallest absolute Gasteiger partial charge is 0.122 e. The van der Waals surface area contributed by atoms with Crippen molar-refractivity contribution in [1.29, 1.82) is 0 Å². The maximum absolute atomic E-state index is 9.72. The highest BCUT2D eigenvalue weighted by atomic mass is 16.5. The molecule has 0 unspecified atom stereocenters. The van der Waals surface area contributed by atoms with Crippen LogP contribution in [0.2, 0.25) is 0 Å². The van der Waals surface area contributed by atoms with E-state index < -0.39 is 0 Å². The van der Waals surface area contributed by atoms with Crippen LogP contribution < -0.4 is 4.74 Å². The van der Waals surface area contributed by atoms with E-state index in [2.05, 4.69) is 30.3 Å². The zero-order chi connectivity index (χ0) is 12.7. The maximum Gasteiger partial charge on any atom is 0.122 e. The van der Waals surface area contributed by atoms with E-state index in [0.29, 0.717) is 11.8 Å². The van der Waals surface area contributed by atoms with Gasteiger partial charge in [-0.15, -0.1) is 0 Å². The van der Waals surface area contributed by atoms with Gasteiger partial charge in [0.2, 0.25) is 0 Å². The van der Waals surface area contributed by atoms with Gasteiger partial charge >= 0.3 is 0 Å². The Hall–Kier alpha value is -1.54. The molecule has 0 saturated heterocycles. The first-order valence-corrected chi connectivity index (χ1v) is 6.46. The van der Waals surface area contributed by atoms with E-state index in [4.69, 9.17) is 4.74 Å². The Labute approximate surface area is 107 Å². The molecule has 1 aliphatic carbocycles. The summed E-state index contributed by atoms with van der Waals surface area (Å²) in [5.74, 6) is 1.76. The molecule has 1 saturated carbocycles. The van der Waals surface area contributed by atoms with E-state index in [9.17, 15) is 5.11 Å². The van der Waals surface area contributed by atoms with Crippen LogP contribution in [0.5, 0.6) is 5.75 Å². The van der Waals surface area contributed by atoms with Crippen molar-refractivity contribution in [3.63, 3.8) is 0 Å². The number of methoxy groups -OCH3 is 1. The van der Waals surface area contributed by atoms with E-state index in [1.807, 2.05) is 13.0 Å². The van der Waals surface area contributed by atoms with Gasteiger partial charge in [0, 0.05) is 5.56 Å². The molecule has 2 nitrogen and oxygen atoms in total. The van der Waals surface area contributed by atoms with E-state index >= 15 is 0 Å². The Bertz CT molecular complexity index is 574. The molecular weight excluding hydrogens is 224 g/mol. The van der Waals surface area contributed by atoms with Crippen LogP contribution in [-0.2, 0) is 0 Å². The Morgan fingerprint density at radius 3 is 2.67 bits per heavy atom. The van der Waals surface area contributed by atoms with Gasteiger partial charge in [-0.2, -0.15) is 0 Å². The number of rotatable bonds is 3. The van der Waals surface area contributed by atoms with Gasteiger partial charge in [0.25, 0.3) is 0 Å². The summed E-state index contributed by atoms with van der Waals surface area (Å²) in [6, 6.07) is 12.5. The SMILES string of the molecule is COc1ccc2ccccc2c1[C@H]1C[C@H]1[C@@H](C)O. The number of aliphatic hydroxyl groups excluding tert-OH is 1. The average molecular weight is 242 g/mol. The lowest BCUT2D eigenvalue weighted by atomic mass is 9.98. The van der Waals surface area contributed by atoms with Crippen LogP contribution in [0.25, 0.3) is 10.8 Å². The summed E-state index contributed by atoms with van der Waals surface area (Å²) in [6.45, 7) is 1.88. The Morgan fingerprint density at radius 2 is 2.00 bits per heavy atom. The lowest BCUT2D eigenvalue weighted by Gasteiger charge is -2.12. The number of hydrogen-bond donors (Lipinski definition) is 1. The number of fused-ring (bicyclic) bond motifs is 1. The average Bonchev–Trinajstić information content (AvgIpc) is 3.17. The van der Waals surface area contributed by atoms with Gasteiger partial charge in [-0.05, 0) is 42.0 Å². The van der Waals surface area contributed by atoms with Gasteiger partial charge in [-0.1, -0.05) is 30.3 Å². The number of benzene rings is 2. The fraction of sp³-hybridized carbons (Fsp3) is 0.375. The fourth-order valence-corrected chi connectivity index (χ4v) is 2.92. The summed E-state index contributed by atoms with van der Waals surface area (Å²) < 4.78 is 5.50. The van der Waals surface area contributed by atoms with Gasteiger partial charge < -0.3 is 9.84 Å². The first-order valence-electron chi connectivity index (χ1n) is 6.46. The maximum atomic E-state index is 9.72. The molecule has 0 aliphatic heterocycles. The van der Waals surface area contributed by atoms with Crippen molar-refractivity contribution in [3.05, 3.63) is 42.0 Å². The predicted molar refractivity (Wildman–Crippen MR) is 73.0 cm³/mol. The van der Waals surface area contributed by atoms with Crippen molar-refractivity contribution in [2.75, 3.05) is 7.11 Å². The van der Waals surface area contributed by atoms with Gasteiger partial charge in [0.1, 0.15) is 5.75 Å². The van der Waals surface area contributed by atoms with Crippen molar-refractivity contribution < 1.29 is 9.84 Å². The molecule has 2 heteroatoms. The zero-order valence-corrected chi connectivity index (χ0v) is 10.8. The largest absolute Gasteiger partial charge is 0.496 e. The first-order chi connectivity index (χ1) is 8.72. The van der Waals surface area contributed by atoms with Crippen molar-refractivity contribution >= 4 is 10.8 Å². The van der Waals surface area contributed by atoms with E-state index in [0.717, 1.165) is 12.2 Å². The molecule has 3 atom stereocenters. The number of ether oxygens (including phenoxy) is 1. The quantitative estimate of drug-likeness (QED) is 0.894. The summed E-state index contributed by atoms with van der Waals surface area (Å²) >= 11 is 0. The molecule has 2 aromatic carbocycles. The lowest BCUT2D eigenvalue weighted by molar-refractivity contribution is 0.168. The molecule has 1 fully saturated rings. The monoisotopic (exact) mass is 242 g/mol. The number of hydrogen-bond acceptors (Lipinski definition) is 2. The summed E-state index contributed by atoms with van der Waals surface area (Å²) in [6.07, 6.45) is 0.820. The summed E-state index contributed by atoms with van der Waals surface area (Å²) in [4.78, 5) is 0. The molecule has 0 heterocycles. The molecular formula is C16H18O2. The minimum absolute atomic E-state index is 0.237. The third-order valence-corrected chi connectivity index (χ3v) is 3.98. The Balaban J connectivity index is 2.14. The molecule has 2 aromatic rings. The fourth-order valence-electron chi connectivity index (χ4n) is 2.92. The predicted octanol–water partition coefficient (Wildman–Crippen LogP) is 3.33. The summed E-state index contributed by atoms with van der Waals surface area (Å²) in [7, 11) is 1.72. The highest BCUT2D eigenvalue weighted by Gasteiger charge is 2.43. The molecule has 94 valence electrons. The van der Waals surface area contributed by atoms with E-state index in [1.54, 1.807) is 7.11 Å². The second kappa shape index (κ2) is 4.29. The summed E-state index contributed by atoms with van der Waals surface area (Å²) in [5, 5.41) is 12.2. The normalized spacial score (nSPS) is 23.9. The van der Waals surface area contributed by atoms with Crippen LogP contribution in [0.15, 0.2) is 36.4 Å². The van der Waals surface area contributed by atoms with Crippen molar-refractivity contribution in [2.45, 2.75) is 25.4 Å². The van der Waals surface area contributed by atoms with Crippen LogP contribution in [0.4, 0.5) is 0 Å². The standard InChI is InChI=1S/C16H18O2/c1-10(17)13-9-14(13)16-12-6-4-3-5-11(12)7-8-15(16)18-2/h3-8,10,13-14,17H,9H2,1-2H3/t10-,13+,14+/m1/s1. The molecule has 0 bridgehead atoms. The highest BCUT2D eigenvalue weighted by molar-refractivity contribution is 5.88. The molecule has 3 rings (SSSR count). The third-order valence-electron chi connectivity index (χ3n) is 3.98. The van der Waals surface area contributed by atoms with Crippen LogP contribution in [-0.4, -0.2) is 18.3 Å². The van der Waals surface area contributed by atoms with Crippen molar-refractivity contribution in [2.24, 2.45) is 5.92 Å². The summed E-state index contributed by atoms with van der Waals surface area (Å²) in [5.41, 5.74) is 1.27. The van der Waals surface area contributed by atoms with Gasteiger partial charge in [0.15, 0.2) is 0 Å². The topological polar surface area (TPSA) is 29.5 Å². The van der Waals surface area contributed by atoms with Gasteiger partial charge in [-0.3, -0.25) is 0 Å². The van der Waals surface area contributed by atoms with Crippen molar-refractivity contribution in [1.82, 2.24) is 0 Å². The second-order valence-corrected chi connectivity index (χ2v) is 5.15. The molecule has 18 heavy (non-hydrogen) atoms. The van der Waals surface area contributed by atoms with Crippen LogP contribution in [0.1, 0.15) is 24.8 Å². The van der Waals surface area contributed by atoms with Crippen molar-refractivity contribution in [3.8, 4) is 5.75 Å². The van der Waals surface area contributed by atoms with Crippen LogP contribution >= 0.6 is 0 Å². The molecule has 1 aliphatic rings. The molecule has 0 amide bonds. The zero-order valence-electron chi connectivity index (χ0n) is 10.8. The van der Waals surface area contributed by atoms with Crippen LogP contribution in [0.3, 0.4) is 0 Å². The van der Waals surface area contributed by atoms with Crippen LogP contribution in [0, 0.1) is 5.92 Å².